The normalized spacial score (nSPS) is 34.2. The second-order valence-electron chi connectivity index (χ2n) is 5.47. The molecular weight excluding hydrogens is 196 g/mol. The summed E-state index contributed by atoms with van der Waals surface area (Å²) < 4.78 is 0. The van der Waals surface area contributed by atoms with E-state index in [0.717, 1.165) is 19.0 Å². The van der Waals surface area contributed by atoms with Crippen LogP contribution in [0.5, 0.6) is 0 Å². The Balaban J connectivity index is 1.66. The van der Waals surface area contributed by atoms with E-state index in [1.807, 2.05) is 0 Å². The van der Waals surface area contributed by atoms with Gasteiger partial charge in [0.1, 0.15) is 0 Å². The third kappa shape index (κ3) is 2.00. The lowest BCUT2D eigenvalue weighted by Crippen LogP contribution is -2.39. The van der Waals surface area contributed by atoms with Gasteiger partial charge in [-0.25, -0.2) is 0 Å². The molecule has 2 nitrogen and oxygen atoms in total. The lowest BCUT2D eigenvalue weighted by Gasteiger charge is -2.23. The second-order valence-corrected chi connectivity index (χ2v) is 5.47. The van der Waals surface area contributed by atoms with Gasteiger partial charge in [0.05, 0.1) is 0 Å². The maximum atomic E-state index is 6.35. The maximum Gasteiger partial charge on any atom is 0.0316 e. The van der Waals surface area contributed by atoms with Crippen LogP contribution in [-0.2, 0) is 6.54 Å². The highest BCUT2D eigenvalue weighted by molar-refractivity contribution is 5.16. The van der Waals surface area contributed by atoms with Crippen molar-refractivity contribution in [2.24, 2.45) is 11.7 Å². The highest BCUT2D eigenvalue weighted by Crippen LogP contribution is 2.46. The molecular formula is C14H20N2. The maximum absolute atomic E-state index is 6.35. The Bertz CT molecular complexity index is 362. The monoisotopic (exact) mass is 216 g/mol. The van der Waals surface area contributed by atoms with E-state index in [9.17, 15) is 0 Å². The fraction of sp³-hybridized carbons (Fsp3) is 0.571. The van der Waals surface area contributed by atoms with E-state index in [2.05, 4.69) is 35.2 Å². The standard InChI is InChI=1S/C14H20N2/c15-14-9-13(14)7-4-8-16(11-14)10-12-5-2-1-3-6-12/h1-3,5-6,13H,4,7-11,15H2/t13-,14+/m1/s1. The summed E-state index contributed by atoms with van der Waals surface area (Å²) in [5, 5.41) is 0. The predicted molar refractivity (Wildman–Crippen MR) is 66.0 cm³/mol. The van der Waals surface area contributed by atoms with E-state index >= 15 is 0 Å². The largest absolute Gasteiger partial charge is 0.324 e. The first kappa shape index (κ1) is 10.3. The van der Waals surface area contributed by atoms with Gasteiger partial charge in [-0.1, -0.05) is 30.3 Å². The summed E-state index contributed by atoms with van der Waals surface area (Å²) in [6.45, 7) is 3.36. The lowest BCUT2D eigenvalue weighted by atomic mass is 10.1. The molecule has 0 unspecified atom stereocenters. The molecule has 2 atom stereocenters. The summed E-state index contributed by atoms with van der Waals surface area (Å²) in [5.41, 5.74) is 7.92. The van der Waals surface area contributed by atoms with Crippen LogP contribution in [0, 0.1) is 5.92 Å². The van der Waals surface area contributed by atoms with E-state index in [1.54, 1.807) is 0 Å². The Morgan fingerprint density at radius 2 is 2.12 bits per heavy atom. The number of likely N-dealkylation sites (tertiary alicyclic amines) is 1. The lowest BCUT2D eigenvalue weighted by molar-refractivity contribution is 0.251. The van der Waals surface area contributed by atoms with Crippen LogP contribution in [0.15, 0.2) is 30.3 Å². The van der Waals surface area contributed by atoms with Gasteiger partial charge in [-0.15, -0.1) is 0 Å². The van der Waals surface area contributed by atoms with Crippen molar-refractivity contribution in [3.05, 3.63) is 35.9 Å². The Hall–Kier alpha value is -0.860. The van der Waals surface area contributed by atoms with Crippen LogP contribution in [0.1, 0.15) is 24.8 Å². The molecule has 1 saturated heterocycles. The number of nitrogens with zero attached hydrogens (tertiary/aromatic N) is 1. The van der Waals surface area contributed by atoms with Crippen molar-refractivity contribution in [3.8, 4) is 0 Å². The van der Waals surface area contributed by atoms with Gasteiger partial charge in [0.2, 0.25) is 0 Å². The van der Waals surface area contributed by atoms with Crippen molar-refractivity contribution in [1.29, 1.82) is 0 Å². The Morgan fingerprint density at radius 1 is 1.31 bits per heavy atom. The van der Waals surface area contributed by atoms with Crippen LogP contribution in [0.4, 0.5) is 0 Å². The van der Waals surface area contributed by atoms with Crippen LogP contribution < -0.4 is 5.73 Å². The minimum absolute atomic E-state index is 0.158. The SMILES string of the molecule is N[C@]12C[C@H]1CCCN(Cc1ccccc1)C2. The van der Waals surface area contributed by atoms with Crippen LogP contribution in [0.3, 0.4) is 0 Å². The molecule has 2 aliphatic rings. The highest BCUT2D eigenvalue weighted by Gasteiger charge is 2.52. The van der Waals surface area contributed by atoms with Gasteiger partial charge in [0.15, 0.2) is 0 Å². The zero-order chi connectivity index (χ0) is 11.0. The first-order valence-corrected chi connectivity index (χ1v) is 6.31. The average Bonchev–Trinajstić information content (AvgIpc) is 2.91. The van der Waals surface area contributed by atoms with Gasteiger partial charge in [0, 0.05) is 18.6 Å². The zero-order valence-corrected chi connectivity index (χ0v) is 9.73. The molecule has 1 heterocycles. The molecule has 86 valence electrons. The minimum atomic E-state index is 0.158. The van der Waals surface area contributed by atoms with Gasteiger partial charge < -0.3 is 5.73 Å². The molecule has 0 aromatic heterocycles. The number of fused-ring (bicyclic) bond motifs is 1. The highest BCUT2D eigenvalue weighted by atomic mass is 15.2. The van der Waals surface area contributed by atoms with Crippen molar-refractivity contribution in [1.82, 2.24) is 4.90 Å². The number of hydrogen-bond acceptors (Lipinski definition) is 2. The summed E-state index contributed by atoms with van der Waals surface area (Å²) in [4.78, 5) is 2.53. The van der Waals surface area contributed by atoms with Crippen LogP contribution in [0.25, 0.3) is 0 Å². The summed E-state index contributed by atoms with van der Waals surface area (Å²) in [5.74, 6) is 0.813. The number of hydrogen-bond donors (Lipinski definition) is 1. The fourth-order valence-corrected chi connectivity index (χ4v) is 3.02. The fourth-order valence-electron chi connectivity index (χ4n) is 3.02. The average molecular weight is 216 g/mol. The van der Waals surface area contributed by atoms with Crippen LogP contribution in [0.2, 0.25) is 0 Å². The first-order chi connectivity index (χ1) is 7.76. The van der Waals surface area contributed by atoms with E-state index in [4.69, 9.17) is 5.73 Å². The summed E-state index contributed by atoms with van der Waals surface area (Å²) in [7, 11) is 0. The Morgan fingerprint density at radius 3 is 2.94 bits per heavy atom. The summed E-state index contributed by atoms with van der Waals surface area (Å²) in [6.07, 6.45) is 3.90. The van der Waals surface area contributed by atoms with Crippen LogP contribution >= 0.6 is 0 Å². The molecule has 1 aliphatic carbocycles. The van der Waals surface area contributed by atoms with Crippen molar-refractivity contribution in [2.45, 2.75) is 31.3 Å². The quantitative estimate of drug-likeness (QED) is 0.819. The molecule has 0 radical (unpaired) electrons. The summed E-state index contributed by atoms with van der Waals surface area (Å²) in [6, 6.07) is 10.7. The summed E-state index contributed by atoms with van der Waals surface area (Å²) >= 11 is 0. The van der Waals surface area contributed by atoms with Crippen molar-refractivity contribution < 1.29 is 0 Å². The predicted octanol–water partition coefficient (Wildman–Crippen LogP) is 2.00. The molecule has 1 aliphatic heterocycles. The van der Waals surface area contributed by atoms with Crippen LogP contribution in [-0.4, -0.2) is 23.5 Å². The third-order valence-corrected chi connectivity index (χ3v) is 4.07. The molecule has 0 bridgehead atoms. The van der Waals surface area contributed by atoms with Gasteiger partial charge in [-0.3, -0.25) is 4.90 Å². The smallest absolute Gasteiger partial charge is 0.0316 e. The first-order valence-electron chi connectivity index (χ1n) is 6.31. The van der Waals surface area contributed by atoms with Crippen molar-refractivity contribution >= 4 is 0 Å². The Labute approximate surface area is 97.4 Å². The molecule has 2 fully saturated rings. The topological polar surface area (TPSA) is 29.3 Å². The molecule has 1 aromatic carbocycles. The molecule has 2 heteroatoms. The van der Waals surface area contributed by atoms with E-state index in [-0.39, 0.29) is 5.54 Å². The second kappa shape index (κ2) is 3.86. The van der Waals surface area contributed by atoms with Gasteiger partial charge >= 0.3 is 0 Å². The van der Waals surface area contributed by atoms with E-state index < -0.39 is 0 Å². The molecule has 3 rings (SSSR count). The molecule has 0 spiro atoms. The molecule has 1 aromatic rings. The Kier molecular flexibility index (Phi) is 2.49. The van der Waals surface area contributed by atoms with E-state index in [1.165, 1.54) is 31.4 Å². The van der Waals surface area contributed by atoms with Gasteiger partial charge in [0.25, 0.3) is 0 Å². The van der Waals surface area contributed by atoms with E-state index in [0.29, 0.717) is 0 Å². The third-order valence-electron chi connectivity index (χ3n) is 4.07. The molecule has 1 saturated carbocycles. The number of nitrogens with two attached hydrogens (primary N) is 1. The van der Waals surface area contributed by atoms with Crippen molar-refractivity contribution in [3.63, 3.8) is 0 Å². The number of benzene rings is 1. The minimum Gasteiger partial charge on any atom is -0.324 e. The molecule has 16 heavy (non-hydrogen) atoms. The molecule has 2 N–H and O–H groups in total. The van der Waals surface area contributed by atoms with Crippen molar-refractivity contribution in [2.75, 3.05) is 13.1 Å². The number of rotatable bonds is 2. The van der Waals surface area contributed by atoms with Gasteiger partial charge in [-0.2, -0.15) is 0 Å². The zero-order valence-electron chi connectivity index (χ0n) is 9.73. The van der Waals surface area contributed by atoms with Gasteiger partial charge in [-0.05, 0) is 37.3 Å². The molecule has 0 amide bonds.